The lowest BCUT2D eigenvalue weighted by atomic mass is 9.83. The molecule has 0 amide bonds. The molecule has 2 saturated heterocycles. The van der Waals surface area contributed by atoms with Gasteiger partial charge in [0.1, 0.15) is 0 Å². The van der Waals surface area contributed by atoms with Crippen LogP contribution in [0, 0.1) is 5.92 Å². The van der Waals surface area contributed by atoms with Crippen molar-refractivity contribution in [1.82, 2.24) is 4.90 Å². The molecule has 0 aliphatic carbocycles. The first-order chi connectivity index (χ1) is 8.73. The second kappa shape index (κ2) is 6.62. The number of hydrogen-bond donors (Lipinski definition) is 1. The highest BCUT2D eigenvalue weighted by atomic mass is 32.2. The van der Waals surface area contributed by atoms with Crippen molar-refractivity contribution in [1.29, 1.82) is 0 Å². The molecule has 2 rings (SSSR count). The second-order valence-corrected chi connectivity index (χ2v) is 7.59. The Morgan fingerprint density at radius 1 is 1.33 bits per heavy atom. The van der Waals surface area contributed by atoms with Gasteiger partial charge in [0.2, 0.25) is 0 Å². The van der Waals surface area contributed by atoms with Crippen LogP contribution in [0.15, 0.2) is 0 Å². The van der Waals surface area contributed by atoms with Gasteiger partial charge in [-0.1, -0.05) is 26.7 Å². The van der Waals surface area contributed by atoms with Gasteiger partial charge in [-0.25, -0.2) is 0 Å². The van der Waals surface area contributed by atoms with Gasteiger partial charge in [-0.2, -0.15) is 11.8 Å². The number of nitrogens with two attached hydrogens (primary N) is 1. The average Bonchev–Trinajstić information content (AvgIpc) is 2.41. The van der Waals surface area contributed by atoms with Crippen molar-refractivity contribution >= 4 is 11.8 Å². The van der Waals surface area contributed by atoms with Gasteiger partial charge in [-0.05, 0) is 50.4 Å². The topological polar surface area (TPSA) is 29.3 Å². The Labute approximate surface area is 117 Å². The molecule has 18 heavy (non-hydrogen) atoms. The summed E-state index contributed by atoms with van der Waals surface area (Å²) in [6.07, 6.45) is 8.23. The summed E-state index contributed by atoms with van der Waals surface area (Å²) in [7, 11) is 0. The summed E-state index contributed by atoms with van der Waals surface area (Å²) in [5.74, 6) is 2.31. The normalized spacial score (nSPS) is 35.8. The minimum absolute atomic E-state index is 0.306. The molecular weight excluding hydrogens is 240 g/mol. The van der Waals surface area contributed by atoms with Gasteiger partial charge in [0.15, 0.2) is 0 Å². The predicted molar refractivity (Wildman–Crippen MR) is 82.1 cm³/mol. The Bertz CT molecular complexity index is 251. The van der Waals surface area contributed by atoms with Crippen molar-refractivity contribution in [3.8, 4) is 0 Å². The fourth-order valence-electron chi connectivity index (χ4n) is 3.88. The molecule has 2 atom stereocenters. The summed E-state index contributed by atoms with van der Waals surface area (Å²) < 4.78 is 0. The molecule has 0 aromatic carbocycles. The summed E-state index contributed by atoms with van der Waals surface area (Å²) in [6.45, 7) is 8.13. The zero-order chi connectivity index (χ0) is 13.0. The first kappa shape index (κ1) is 14.7. The van der Waals surface area contributed by atoms with E-state index in [2.05, 4.69) is 30.5 Å². The summed E-state index contributed by atoms with van der Waals surface area (Å²) >= 11 is 2.13. The fraction of sp³-hybridized carbons (Fsp3) is 1.00. The van der Waals surface area contributed by atoms with Crippen molar-refractivity contribution in [2.75, 3.05) is 25.4 Å². The van der Waals surface area contributed by atoms with Gasteiger partial charge in [0, 0.05) is 17.3 Å². The first-order valence-corrected chi connectivity index (χ1v) is 8.84. The molecule has 2 N–H and O–H groups in total. The fourth-order valence-corrected chi connectivity index (χ4v) is 5.22. The Kier molecular flexibility index (Phi) is 5.40. The Morgan fingerprint density at radius 2 is 2.06 bits per heavy atom. The van der Waals surface area contributed by atoms with E-state index in [9.17, 15) is 0 Å². The standard InChI is InChI=1S/C15H30N2S/c1-3-5-14-6-9-17(10-7-14)15(12-16)8-4-11-18-13(15)2/h13-14H,3-12,16H2,1-2H3. The Morgan fingerprint density at radius 3 is 2.61 bits per heavy atom. The monoisotopic (exact) mass is 270 g/mol. The maximum atomic E-state index is 6.20. The zero-order valence-electron chi connectivity index (χ0n) is 12.2. The highest BCUT2D eigenvalue weighted by molar-refractivity contribution is 8.00. The largest absolute Gasteiger partial charge is 0.329 e. The lowest BCUT2D eigenvalue weighted by Gasteiger charge is -2.52. The van der Waals surface area contributed by atoms with Gasteiger partial charge in [-0.3, -0.25) is 4.90 Å². The Hall–Kier alpha value is 0.270. The van der Waals surface area contributed by atoms with Crippen molar-refractivity contribution in [2.45, 2.75) is 63.2 Å². The molecule has 0 aromatic rings. The molecule has 2 heterocycles. The summed E-state index contributed by atoms with van der Waals surface area (Å²) in [5.41, 5.74) is 6.50. The van der Waals surface area contributed by atoms with E-state index in [4.69, 9.17) is 5.73 Å². The molecular formula is C15H30N2S. The SMILES string of the molecule is CCCC1CCN(C2(CN)CCCSC2C)CC1. The lowest BCUT2D eigenvalue weighted by Crippen LogP contribution is -2.62. The van der Waals surface area contributed by atoms with E-state index in [1.165, 1.54) is 57.4 Å². The number of thioether (sulfide) groups is 1. The maximum absolute atomic E-state index is 6.20. The molecule has 2 aliphatic heterocycles. The van der Waals surface area contributed by atoms with E-state index in [1.54, 1.807) is 0 Å². The highest BCUT2D eigenvalue weighted by Crippen LogP contribution is 2.40. The summed E-state index contributed by atoms with van der Waals surface area (Å²) in [6, 6.07) is 0. The maximum Gasteiger partial charge on any atom is 0.0447 e. The molecule has 0 aromatic heterocycles. The number of nitrogens with zero attached hydrogens (tertiary/aromatic N) is 1. The van der Waals surface area contributed by atoms with Crippen LogP contribution in [-0.2, 0) is 0 Å². The first-order valence-electron chi connectivity index (χ1n) is 7.79. The number of piperidine rings is 1. The third-order valence-corrected chi connectivity index (χ3v) is 6.64. The number of hydrogen-bond acceptors (Lipinski definition) is 3. The van der Waals surface area contributed by atoms with Crippen LogP contribution in [0.5, 0.6) is 0 Å². The minimum Gasteiger partial charge on any atom is -0.329 e. The minimum atomic E-state index is 0.306. The van der Waals surface area contributed by atoms with Crippen LogP contribution in [0.1, 0.15) is 52.4 Å². The quantitative estimate of drug-likeness (QED) is 0.851. The third kappa shape index (κ3) is 2.88. The van der Waals surface area contributed by atoms with Crippen molar-refractivity contribution in [3.05, 3.63) is 0 Å². The van der Waals surface area contributed by atoms with Crippen LogP contribution in [0.25, 0.3) is 0 Å². The summed E-state index contributed by atoms with van der Waals surface area (Å²) in [5, 5.41) is 0.707. The van der Waals surface area contributed by atoms with Crippen molar-refractivity contribution in [3.63, 3.8) is 0 Å². The Balaban J connectivity index is 1.97. The number of rotatable bonds is 4. The van der Waals surface area contributed by atoms with Crippen LogP contribution in [-0.4, -0.2) is 41.1 Å². The van der Waals surface area contributed by atoms with E-state index < -0.39 is 0 Å². The van der Waals surface area contributed by atoms with E-state index in [0.717, 1.165) is 12.5 Å². The van der Waals surface area contributed by atoms with Crippen LogP contribution in [0.4, 0.5) is 0 Å². The molecule has 0 saturated carbocycles. The van der Waals surface area contributed by atoms with E-state index in [1.807, 2.05) is 0 Å². The van der Waals surface area contributed by atoms with E-state index in [-0.39, 0.29) is 0 Å². The van der Waals surface area contributed by atoms with Gasteiger partial charge in [-0.15, -0.1) is 0 Å². The molecule has 106 valence electrons. The van der Waals surface area contributed by atoms with Gasteiger partial charge in [0.05, 0.1) is 0 Å². The molecule has 2 unspecified atom stereocenters. The predicted octanol–water partition coefficient (Wildman–Crippen LogP) is 3.11. The van der Waals surface area contributed by atoms with E-state index in [0.29, 0.717) is 10.8 Å². The molecule has 0 radical (unpaired) electrons. The van der Waals surface area contributed by atoms with Gasteiger partial charge in [0.25, 0.3) is 0 Å². The molecule has 2 aliphatic rings. The second-order valence-electron chi connectivity index (χ2n) is 6.14. The highest BCUT2D eigenvalue weighted by Gasteiger charge is 2.43. The van der Waals surface area contributed by atoms with Gasteiger partial charge < -0.3 is 5.73 Å². The number of likely N-dealkylation sites (tertiary alicyclic amines) is 1. The molecule has 2 fully saturated rings. The zero-order valence-corrected chi connectivity index (χ0v) is 13.0. The lowest BCUT2D eigenvalue weighted by molar-refractivity contribution is 0.0444. The van der Waals surface area contributed by atoms with Crippen molar-refractivity contribution < 1.29 is 0 Å². The average molecular weight is 270 g/mol. The van der Waals surface area contributed by atoms with Crippen LogP contribution in [0.2, 0.25) is 0 Å². The summed E-state index contributed by atoms with van der Waals surface area (Å²) in [4.78, 5) is 2.75. The molecule has 0 spiro atoms. The van der Waals surface area contributed by atoms with Gasteiger partial charge >= 0.3 is 0 Å². The molecule has 2 nitrogen and oxygen atoms in total. The van der Waals surface area contributed by atoms with E-state index >= 15 is 0 Å². The molecule has 3 heteroatoms. The van der Waals surface area contributed by atoms with Crippen LogP contribution < -0.4 is 5.73 Å². The van der Waals surface area contributed by atoms with Crippen LogP contribution in [0.3, 0.4) is 0 Å². The third-order valence-electron chi connectivity index (χ3n) is 5.17. The smallest absolute Gasteiger partial charge is 0.0447 e. The van der Waals surface area contributed by atoms with Crippen molar-refractivity contribution in [2.24, 2.45) is 11.7 Å². The van der Waals surface area contributed by atoms with Crippen LogP contribution >= 0.6 is 11.8 Å². The molecule has 0 bridgehead atoms.